The second-order valence-electron chi connectivity index (χ2n) is 6.38. The molecule has 0 aliphatic heterocycles. The second kappa shape index (κ2) is 9.02. The fourth-order valence-corrected chi connectivity index (χ4v) is 3.46. The lowest BCUT2D eigenvalue weighted by Crippen LogP contribution is -2.46. The lowest BCUT2D eigenvalue weighted by atomic mass is 10.0. The fraction of sp³-hybridized carbons (Fsp3) is 0.250. The van der Waals surface area contributed by atoms with Crippen LogP contribution in [0.25, 0.3) is 10.6 Å². The molecule has 26 heavy (non-hydrogen) atoms. The molecule has 3 aromatic rings. The number of hydrogen-bond acceptors (Lipinski definition) is 6. The number of nitrogens with two attached hydrogens (primary N) is 2. The van der Waals surface area contributed by atoms with E-state index in [4.69, 9.17) is 11.6 Å². The van der Waals surface area contributed by atoms with Crippen LogP contribution in [0.5, 0.6) is 0 Å². The second-order valence-corrected chi connectivity index (χ2v) is 7.28. The van der Waals surface area contributed by atoms with Crippen molar-refractivity contribution in [2.75, 3.05) is 6.54 Å². The molecule has 1 aromatic heterocycles. The predicted octanol–water partition coefficient (Wildman–Crippen LogP) is 2.42. The molecule has 0 spiro atoms. The first-order valence-corrected chi connectivity index (χ1v) is 9.46. The van der Waals surface area contributed by atoms with Crippen molar-refractivity contribution in [3.8, 4) is 10.6 Å². The Morgan fingerprint density at radius 1 is 1.04 bits per heavy atom. The molecule has 5 nitrogen and oxygen atoms in total. The molecule has 0 aliphatic rings. The summed E-state index contributed by atoms with van der Waals surface area (Å²) in [5.41, 5.74) is 9.41. The molecular weight excluding hydrogens is 344 g/mol. The van der Waals surface area contributed by atoms with E-state index in [0.29, 0.717) is 19.5 Å². The summed E-state index contributed by atoms with van der Waals surface area (Å²) >= 11 is 1.61. The van der Waals surface area contributed by atoms with Crippen molar-refractivity contribution >= 4 is 11.3 Å². The van der Waals surface area contributed by atoms with Crippen molar-refractivity contribution < 1.29 is 5.11 Å². The Morgan fingerprint density at radius 3 is 2.42 bits per heavy atom. The minimum absolute atomic E-state index is 0.322. The molecule has 0 radical (unpaired) electrons. The Bertz CT molecular complexity index is 777. The smallest absolute Gasteiger partial charge is 0.123 e. The summed E-state index contributed by atoms with van der Waals surface area (Å²) in [4.78, 5) is 4.31. The van der Waals surface area contributed by atoms with Gasteiger partial charge in [0.25, 0.3) is 0 Å². The van der Waals surface area contributed by atoms with E-state index >= 15 is 0 Å². The normalized spacial score (nSPS) is 13.7. The molecule has 1 heterocycles. The lowest BCUT2D eigenvalue weighted by molar-refractivity contribution is 0.0877. The molecule has 3 rings (SSSR count). The van der Waals surface area contributed by atoms with E-state index in [1.54, 1.807) is 22.5 Å². The number of rotatable bonds is 8. The van der Waals surface area contributed by atoms with Gasteiger partial charge in [-0.05, 0) is 17.5 Å². The Kier molecular flexibility index (Phi) is 6.49. The summed E-state index contributed by atoms with van der Waals surface area (Å²) in [6.07, 6.45) is 1.74. The first kappa shape index (κ1) is 18.7. The van der Waals surface area contributed by atoms with Crippen LogP contribution in [-0.4, -0.2) is 33.8 Å². The number of nitrogens with zero attached hydrogens (tertiary/aromatic N) is 2. The molecule has 2 atom stereocenters. The van der Waals surface area contributed by atoms with Gasteiger partial charge in [-0.25, -0.2) is 9.99 Å². The molecular formula is C20H24N4OS. The van der Waals surface area contributed by atoms with E-state index in [0.717, 1.165) is 21.7 Å². The van der Waals surface area contributed by atoms with Crippen LogP contribution in [0, 0.1) is 0 Å². The molecule has 2 aromatic carbocycles. The highest BCUT2D eigenvalue weighted by Crippen LogP contribution is 2.22. The van der Waals surface area contributed by atoms with Crippen molar-refractivity contribution in [3.63, 3.8) is 0 Å². The highest BCUT2D eigenvalue weighted by Gasteiger charge is 2.17. The third-order valence-corrected chi connectivity index (χ3v) is 5.07. The third-order valence-electron chi connectivity index (χ3n) is 4.25. The van der Waals surface area contributed by atoms with Gasteiger partial charge in [-0.15, -0.1) is 11.3 Å². The summed E-state index contributed by atoms with van der Waals surface area (Å²) in [6, 6.07) is 17.7. The van der Waals surface area contributed by atoms with Gasteiger partial charge >= 0.3 is 0 Å². The summed E-state index contributed by atoms with van der Waals surface area (Å²) in [7, 11) is 0. The van der Waals surface area contributed by atoms with Crippen LogP contribution >= 0.6 is 11.3 Å². The zero-order chi connectivity index (χ0) is 18.4. The minimum atomic E-state index is -0.685. The van der Waals surface area contributed by atoms with Crippen molar-refractivity contribution in [3.05, 3.63) is 77.3 Å². The third kappa shape index (κ3) is 5.20. The number of thiazole rings is 1. The van der Waals surface area contributed by atoms with Gasteiger partial charge in [0.15, 0.2) is 0 Å². The SMILES string of the molecule is N[C@@H](Cc1ccccc1)[C@@H](O)CN(N)Cc1ccc(-c2nccs2)cc1. The van der Waals surface area contributed by atoms with Crippen LogP contribution in [0.15, 0.2) is 66.2 Å². The van der Waals surface area contributed by atoms with Crippen molar-refractivity contribution in [2.24, 2.45) is 11.6 Å². The van der Waals surface area contributed by atoms with Crippen LogP contribution in [0.2, 0.25) is 0 Å². The minimum Gasteiger partial charge on any atom is -0.390 e. The van der Waals surface area contributed by atoms with Gasteiger partial charge in [0.05, 0.1) is 6.10 Å². The van der Waals surface area contributed by atoms with Gasteiger partial charge in [0.2, 0.25) is 0 Å². The Hall–Kier alpha value is -2.09. The van der Waals surface area contributed by atoms with Crippen molar-refractivity contribution in [1.82, 2.24) is 9.99 Å². The lowest BCUT2D eigenvalue weighted by Gasteiger charge is -2.24. The van der Waals surface area contributed by atoms with Crippen LogP contribution in [-0.2, 0) is 13.0 Å². The summed E-state index contributed by atoms with van der Waals surface area (Å²) in [6.45, 7) is 0.871. The van der Waals surface area contributed by atoms with Gasteiger partial charge in [0.1, 0.15) is 5.01 Å². The molecule has 0 saturated carbocycles. The molecule has 136 valence electrons. The van der Waals surface area contributed by atoms with Gasteiger partial charge in [-0.1, -0.05) is 54.6 Å². The molecule has 0 amide bonds. The van der Waals surface area contributed by atoms with Gasteiger partial charge < -0.3 is 10.8 Å². The van der Waals surface area contributed by atoms with E-state index in [2.05, 4.69) is 4.98 Å². The van der Waals surface area contributed by atoms with Gasteiger partial charge in [-0.3, -0.25) is 5.84 Å². The number of aliphatic hydroxyl groups excluding tert-OH is 1. The van der Waals surface area contributed by atoms with Crippen LogP contribution < -0.4 is 11.6 Å². The number of aliphatic hydroxyl groups is 1. The van der Waals surface area contributed by atoms with E-state index in [-0.39, 0.29) is 6.04 Å². The number of benzene rings is 2. The molecule has 5 N–H and O–H groups in total. The van der Waals surface area contributed by atoms with E-state index in [9.17, 15) is 5.11 Å². The first-order valence-electron chi connectivity index (χ1n) is 8.58. The summed E-state index contributed by atoms with van der Waals surface area (Å²) in [5.74, 6) is 6.08. The van der Waals surface area contributed by atoms with Crippen LogP contribution in [0.4, 0.5) is 0 Å². The average Bonchev–Trinajstić information content (AvgIpc) is 3.17. The zero-order valence-electron chi connectivity index (χ0n) is 14.5. The number of aromatic nitrogens is 1. The first-order chi connectivity index (χ1) is 12.6. The quantitative estimate of drug-likeness (QED) is 0.420. The largest absolute Gasteiger partial charge is 0.390 e. The Balaban J connectivity index is 1.50. The van der Waals surface area contributed by atoms with Gasteiger partial charge in [-0.2, -0.15) is 0 Å². The standard InChI is InChI=1S/C20H24N4OS/c21-18(12-15-4-2-1-3-5-15)19(25)14-24(22)13-16-6-8-17(9-7-16)20-23-10-11-26-20/h1-11,18-19,25H,12-14,21-22H2/t18-,19-/m0/s1. The molecule has 0 fully saturated rings. The van der Waals surface area contributed by atoms with E-state index in [1.807, 2.05) is 60.0 Å². The van der Waals surface area contributed by atoms with E-state index in [1.165, 1.54) is 0 Å². The molecule has 6 heteroatoms. The Labute approximate surface area is 157 Å². The molecule has 0 aliphatic carbocycles. The van der Waals surface area contributed by atoms with Crippen LogP contribution in [0.1, 0.15) is 11.1 Å². The zero-order valence-corrected chi connectivity index (χ0v) is 15.3. The van der Waals surface area contributed by atoms with Gasteiger partial charge in [0, 0.05) is 36.3 Å². The van der Waals surface area contributed by atoms with E-state index < -0.39 is 6.10 Å². The Morgan fingerprint density at radius 2 is 1.77 bits per heavy atom. The molecule has 0 bridgehead atoms. The number of hydrazine groups is 1. The maximum absolute atomic E-state index is 10.3. The van der Waals surface area contributed by atoms with Crippen molar-refractivity contribution in [2.45, 2.75) is 25.1 Å². The van der Waals surface area contributed by atoms with Crippen LogP contribution in [0.3, 0.4) is 0 Å². The van der Waals surface area contributed by atoms with Crippen molar-refractivity contribution in [1.29, 1.82) is 0 Å². The predicted molar refractivity (Wildman–Crippen MR) is 106 cm³/mol. The molecule has 0 saturated heterocycles. The molecule has 0 unspecified atom stereocenters. The monoisotopic (exact) mass is 368 g/mol. The summed E-state index contributed by atoms with van der Waals surface area (Å²) < 4.78 is 0. The highest BCUT2D eigenvalue weighted by atomic mass is 32.1. The average molecular weight is 369 g/mol. The maximum atomic E-state index is 10.3. The number of hydrogen-bond donors (Lipinski definition) is 3. The topological polar surface area (TPSA) is 88.4 Å². The maximum Gasteiger partial charge on any atom is 0.123 e. The fourth-order valence-electron chi connectivity index (χ4n) is 2.82. The highest BCUT2D eigenvalue weighted by molar-refractivity contribution is 7.13. The summed E-state index contributed by atoms with van der Waals surface area (Å²) in [5, 5.41) is 14.9.